The van der Waals surface area contributed by atoms with Gasteiger partial charge in [-0.2, -0.15) is 0 Å². The van der Waals surface area contributed by atoms with Crippen molar-refractivity contribution in [3.05, 3.63) is 70.0 Å². The summed E-state index contributed by atoms with van der Waals surface area (Å²) >= 11 is 6.19. The van der Waals surface area contributed by atoms with Gasteiger partial charge in [0.05, 0.1) is 23.7 Å². The first-order valence-corrected chi connectivity index (χ1v) is 10.7. The molecule has 1 saturated heterocycles. The zero-order valence-corrected chi connectivity index (χ0v) is 17.9. The molecule has 1 unspecified atom stereocenters. The Hall–Kier alpha value is -2.86. The molecule has 162 valence electrons. The van der Waals surface area contributed by atoms with E-state index in [1.807, 2.05) is 0 Å². The standard InChI is InChI=1S/C24H23ClFNO4/c1-31-19-12-11-14(13-17(19)25)22(28)20-21(16-9-5-6-10-18(16)26)27(24(30)23(20)29)15-7-3-2-4-8-15/h5-6,9-13,15,21,28H,2-4,7-8H2,1H3/b22-20+. The predicted octanol–water partition coefficient (Wildman–Crippen LogP) is 5.24. The summed E-state index contributed by atoms with van der Waals surface area (Å²) in [4.78, 5) is 27.6. The van der Waals surface area contributed by atoms with Gasteiger partial charge in [0.2, 0.25) is 0 Å². The van der Waals surface area contributed by atoms with E-state index in [1.165, 1.54) is 24.1 Å². The first-order valence-electron chi connectivity index (χ1n) is 10.3. The average Bonchev–Trinajstić information content (AvgIpc) is 3.04. The van der Waals surface area contributed by atoms with Crippen LogP contribution in [0.25, 0.3) is 5.76 Å². The van der Waals surface area contributed by atoms with E-state index in [4.69, 9.17) is 16.3 Å². The highest BCUT2D eigenvalue weighted by atomic mass is 35.5. The molecule has 1 aliphatic carbocycles. The molecule has 4 rings (SSSR count). The van der Waals surface area contributed by atoms with Gasteiger partial charge in [0, 0.05) is 17.2 Å². The number of nitrogens with zero attached hydrogens (tertiary/aromatic N) is 1. The first kappa shape index (κ1) is 21.4. The zero-order chi connectivity index (χ0) is 22.1. The molecule has 2 fully saturated rings. The number of ketones is 1. The van der Waals surface area contributed by atoms with Crippen molar-refractivity contribution in [1.82, 2.24) is 4.90 Å². The van der Waals surface area contributed by atoms with Gasteiger partial charge in [-0.1, -0.05) is 49.1 Å². The van der Waals surface area contributed by atoms with Crippen LogP contribution in [0, 0.1) is 5.82 Å². The number of Topliss-reactive ketones (excluding diaryl/α,β-unsaturated/α-hetero) is 1. The molecular weight excluding hydrogens is 421 g/mol. The van der Waals surface area contributed by atoms with Gasteiger partial charge in [0.15, 0.2) is 0 Å². The van der Waals surface area contributed by atoms with Crippen LogP contribution in [0.1, 0.15) is 49.3 Å². The van der Waals surface area contributed by atoms with Gasteiger partial charge in [-0.3, -0.25) is 9.59 Å². The van der Waals surface area contributed by atoms with Crippen molar-refractivity contribution < 1.29 is 23.8 Å². The minimum absolute atomic E-state index is 0.123. The van der Waals surface area contributed by atoms with Crippen LogP contribution in [0.2, 0.25) is 5.02 Å². The summed E-state index contributed by atoms with van der Waals surface area (Å²) in [6, 6.07) is 9.45. The topological polar surface area (TPSA) is 66.8 Å². The molecule has 1 atom stereocenters. The summed E-state index contributed by atoms with van der Waals surface area (Å²) in [5, 5.41) is 11.3. The molecule has 7 heteroatoms. The number of aliphatic hydroxyl groups is 1. The second kappa shape index (κ2) is 8.71. The van der Waals surface area contributed by atoms with E-state index in [0.29, 0.717) is 5.75 Å². The van der Waals surface area contributed by atoms with Crippen LogP contribution in [0.4, 0.5) is 4.39 Å². The molecule has 2 aliphatic rings. The fourth-order valence-electron chi connectivity index (χ4n) is 4.56. The smallest absolute Gasteiger partial charge is 0.295 e. The summed E-state index contributed by atoms with van der Waals surface area (Å²) in [6.07, 6.45) is 4.42. The van der Waals surface area contributed by atoms with E-state index < -0.39 is 23.5 Å². The predicted molar refractivity (Wildman–Crippen MR) is 115 cm³/mol. The molecule has 2 aromatic carbocycles. The second-order valence-electron chi connectivity index (χ2n) is 7.87. The molecule has 0 aromatic heterocycles. The van der Waals surface area contributed by atoms with Crippen molar-refractivity contribution in [2.24, 2.45) is 0 Å². The maximum absolute atomic E-state index is 14.8. The summed E-state index contributed by atoms with van der Waals surface area (Å²) in [7, 11) is 1.47. The Kier molecular flexibility index (Phi) is 6.01. The fourth-order valence-corrected chi connectivity index (χ4v) is 4.81. The molecule has 0 spiro atoms. The molecule has 5 nitrogen and oxygen atoms in total. The van der Waals surface area contributed by atoms with E-state index in [-0.39, 0.29) is 33.5 Å². The Morgan fingerprint density at radius 3 is 2.48 bits per heavy atom. The SMILES string of the molecule is COc1ccc(/C(O)=C2\C(=O)C(=O)N(C3CCCCC3)C2c2ccccc2F)cc1Cl. The Morgan fingerprint density at radius 1 is 1.13 bits per heavy atom. The molecule has 1 amide bonds. The van der Waals surface area contributed by atoms with Crippen molar-refractivity contribution >= 4 is 29.1 Å². The van der Waals surface area contributed by atoms with Crippen molar-refractivity contribution in [3.8, 4) is 5.75 Å². The summed E-state index contributed by atoms with van der Waals surface area (Å²) in [5.74, 6) is -2.03. The number of ether oxygens (including phenoxy) is 1. The lowest BCUT2D eigenvalue weighted by Gasteiger charge is -2.35. The second-order valence-corrected chi connectivity index (χ2v) is 8.28. The Balaban J connectivity index is 1.89. The molecule has 2 aromatic rings. The third kappa shape index (κ3) is 3.81. The molecule has 1 N–H and O–H groups in total. The lowest BCUT2D eigenvalue weighted by atomic mass is 9.90. The molecule has 31 heavy (non-hydrogen) atoms. The summed E-state index contributed by atoms with van der Waals surface area (Å²) in [6.45, 7) is 0. The minimum atomic E-state index is -0.995. The van der Waals surface area contributed by atoms with Crippen LogP contribution in [0.15, 0.2) is 48.0 Å². The van der Waals surface area contributed by atoms with Crippen LogP contribution in [-0.4, -0.2) is 34.8 Å². The Labute approximate surface area is 185 Å². The van der Waals surface area contributed by atoms with Crippen LogP contribution >= 0.6 is 11.6 Å². The lowest BCUT2D eigenvalue weighted by molar-refractivity contribution is -0.141. The van der Waals surface area contributed by atoms with E-state index in [1.54, 1.807) is 30.3 Å². The molecule has 1 saturated carbocycles. The minimum Gasteiger partial charge on any atom is -0.507 e. The van der Waals surface area contributed by atoms with Crippen molar-refractivity contribution in [2.45, 2.75) is 44.2 Å². The Bertz CT molecular complexity index is 1060. The van der Waals surface area contributed by atoms with E-state index in [9.17, 15) is 19.1 Å². The van der Waals surface area contributed by atoms with Gasteiger partial charge in [-0.25, -0.2) is 4.39 Å². The van der Waals surface area contributed by atoms with Gasteiger partial charge < -0.3 is 14.7 Å². The number of carbonyl (C=O) groups is 2. The van der Waals surface area contributed by atoms with E-state index in [2.05, 4.69) is 0 Å². The summed E-state index contributed by atoms with van der Waals surface area (Å²) in [5.41, 5.74) is 0.323. The van der Waals surface area contributed by atoms with Crippen molar-refractivity contribution in [2.75, 3.05) is 7.11 Å². The zero-order valence-electron chi connectivity index (χ0n) is 17.1. The number of carbonyl (C=O) groups excluding carboxylic acids is 2. The number of halogens is 2. The number of aliphatic hydroxyl groups excluding tert-OH is 1. The molecule has 1 aliphatic heterocycles. The van der Waals surface area contributed by atoms with Crippen LogP contribution in [0.5, 0.6) is 5.75 Å². The fraction of sp³-hybridized carbons (Fsp3) is 0.333. The molecular formula is C24H23ClFNO4. The third-order valence-corrected chi connectivity index (χ3v) is 6.37. The highest BCUT2D eigenvalue weighted by molar-refractivity contribution is 6.46. The van der Waals surface area contributed by atoms with E-state index >= 15 is 0 Å². The van der Waals surface area contributed by atoms with Crippen LogP contribution in [-0.2, 0) is 9.59 Å². The molecule has 0 radical (unpaired) electrons. The highest BCUT2D eigenvalue weighted by Gasteiger charge is 2.49. The number of amides is 1. The highest BCUT2D eigenvalue weighted by Crippen LogP contribution is 2.44. The van der Waals surface area contributed by atoms with Gasteiger partial charge in [0.1, 0.15) is 17.3 Å². The van der Waals surface area contributed by atoms with Crippen molar-refractivity contribution in [3.63, 3.8) is 0 Å². The van der Waals surface area contributed by atoms with Gasteiger partial charge >= 0.3 is 0 Å². The average molecular weight is 444 g/mol. The lowest BCUT2D eigenvalue weighted by Crippen LogP contribution is -2.40. The van der Waals surface area contributed by atoms with Crippen LogP contribution < -0.4 is 4.74 Å². The first-order chi connectivity index (χ1) is 14.9. The van der Waals surface area contributed by atoms with Gasteiger partial charge in [-0.05, 0) is 37.1 Å². The number of rotatable bonds is 4. The largest absolute Gasteiger partial charge is 0.507 e. The number of methoxy groups -OCH3 is 1. The quantitative estimate of drug-likeness (QED) is 0.398. The van der Waals surface area contributed by atoms with E-state index in [0.717, 1.165) is 32.1 Å². The van der Waals surface area contributed by atoms with Crippen LogP contribution in [0.3, 0.4) is 0 Å². The van der Waals surface area contributed by atoms with Gasteiger partial charge in [0.25, 0.3) is 11.7 Å². The third-order valence-electron chi connectivity index (χ3n) is 6.07. The number of hydrogen-bond donors (Lipinski definition) is 1. The summed E-state index contributed by atoms with van der Waals surface area (Å²) < 4.78 is 20.0. The normalized spacial score (nSPS) is 21.5. The van der Waals surface area contributed by atoms with Crippen molar-refractivity contribution in [1.29, 1.82) is 0 Å². The number of hydrogen-bond acceptors (Lipinski definition) is 4. The monoisotopic (exact) mass is 443 g/mol. The maximum Gasteiger partial charge on any atom is 0.295 e. The maximum atomic E-state index is 14.8. The Morgan fingerprint density at radius 2 is 1.84 bits per heavy atom. The molecule has 0 bridgehead atoms. The number of benzene rings is 2. The molecule has 1 heterocycles. The number of likely N-dealkylation sites (tertiary alicyclic amines) is 1. The van der Waals surface area contributed by atoms with Gasteiger partial charge in [-0.15, -0.1) is 0 Å².